The van der Waals surface area contributed by atoms with Crippen LogP contribution in [0.15, 0.2) is 29.6 Å². The maximum atomic E-state index is 13.2. The van der Waals surface area contributed by atoms with Crippen LogP contribution in [0.4, 0.5) is 0 Å². The fourth-order valence-electron chi connectivity index (χ4n) is 4.37. The Morgan fingerprint density at radius 1 is 1.10 bits per heavy atom. The maximum absolute atomic E-state index is 13.2. The van der Waals surface area contributed by atoms with Crippen molar-refractivity contribution in [1.82, 2.24) is 9.80 Å². The summed E-state index contributed by atoms with van der Waals surface area (Å²) in [5.74, 6) is 1.08. The van der Waals surface area contributed by atoms with E-state index in [1.165, 1.54) is 4.90 Å². The molecule has 0 radical (unpaired) electrons. The summed E-state index contributed by atoms with van der Waals surface area (Å²) in [5, 5.41) is 2.01. The van der Waals surface area contributed by atoms with Gasteiger partial charge in [-0.25, -0.2) is 0 Å². The van der Waals surface area contributed by atoms with E-state index in [2.05, 4.69) is 0 Å². The molecule has 3 amide bonds. The topological polar surface area (TPSA) is 76.2 Å². The van der Waals surface area contributed by atoms with E-state index < -0.39 is 0 Å². The van der Waals surface area contributed by atoms with Gasteiger partial charge < -0.3 is 14.4 Å². The Kier molecular flexibility index (Phi) is 6.27. The van der Waals surface area contributed by atoms with Gasteiger partial charge in [0.15, 0.2) is 11.5 Å². The van der Waals surface area contributed by atoms with Gasteiger partial charge in [0, 0.05) is 37.2 Å². The van der Waals surface area contributed by atoms with Crippen LogP contribution >= 0.6 is 11.3 Å². The summed E-state index contributed by atoms with van der Waals surface area (Å²) in [6, 6.07) is 7.82. The molecule has 3 heterocycles. The molecular formula is C23H26N2O5S. The lowest BCUT2D eigenvalue weighted by atomic mass is 9.90. The van der Waals surface area contributed by atoms with Crippen molar-refractivity contribution in [2.24, 2.45) is 0 Å². The Balaban J connectivity index is 1.55. The molecule has 1 aromatic heterocycles. The van der Waals surface area contributed by atoms with Gasteiger partial charge in [-0.05, 0) is 47.5 Å². The fraction of sp³-hybridized carbons (Fsp3) is 0.435. The van der Waals surface area contributed by atoms with Gasteiger partial charge in [-0.3, -0.25) is 19.3 Å². The van der Waals surface area contributed by atoms with E-state index in [1.807, 2.05) is 34.5 Å². The molecule has 0 bridgehead atoms. The number of rotatable bonds is 7. The first-order valence-electron chi connectivity index (χ1n) is 10.4. The average molecular weight is 443 g/mol. The molecule has 8 heteroatoms. The molecule has 1 saturated heterocycles. The molecule has 2 aromatic rings. The van der Waals surface area contributed by atoms with E-state index in [4.69, 9.17) is 9.47 Å². The van der Waals surface area contributed by atoms with Gasteiger partial charge in [0.1, 0.15) is 0 Å². The largest absolute Gasteiger partial charge is 0.493 e. The van der Waals surface area contributed by atoms with Gasteiger partial charge >= 0.3 is 0 Å². The summed E-state index contributed by atoms with van der Waals surface area (Å²) >= 11 is 1.62. The van der Waals surface area contributed by atoms with Crippen LogP contribution in [-0.2, 0) is 20.8 Å². The lowest BCUT2D eigenvalue weighted by Gasteiger charge is -2.37. The van der Waals surface area contributed by atoms with E-state index in [9.17, 15) is 14.4 Å². The lowest BCUT2D eigenvalue weighted by molar-refractivity contribution is -0.139. The number of carbonyl (C=O) groups is 3. The molecular weight excluding hydrogens is 416 g/mol. The summed E-state index contributed by atoms with van der Waals surface area (Å²) in [4.78, 5) is 41.1. The van der Waals surface area contributed by atoms with E-state index in [0.29, 0.717) is 37.4 Å². The van der Waals surface area contributed by atoms with E-state index in [-0.39, 0.29) is 36.6 Å². The van der Waals surface area contributed by atoms with Crippen LogP contribution < -0.4 is 9.47 Å². The van der Waals surface area contributed by atoms with Gasteiger partial charge in [0.2, 0.25) is 17.7 Å². The Morgan fingerprint density at radius 2 is 1.81 bits per heavy atom. The van der Waals surface area contributed by atoms with Gasteiger partial charge in [0.05, 0.1) is 20.3 Å². The number of ether oxygens (including phenoxy) is 2. The van der Waals surface area contributed by atoms with E-state index in [0.717, 1.165) is 22.4 Å². The number of nitrogens with zero attached hydrogens (tertiary/aromatic N) is 2. The highest BCUT2D eigenvalue weighted by molar-refractivity contribution is 7.10. The number of hydrogen-bond donors (Lipinski definition) is 0. The Labute approximate surface area is 185 Å². The third-order valence-corrected chi connectivity index (χ3v) is 6.86. The molecule has 0 N–H and O–H groups in total. The number of fused-ring (bicyclic) bond motifs is 1. The molecule has 7 nitrogen and oxygen atoms in total. The second kappa shape index (κ2) is 9.09. The van der Waals surface area contributed by atoms with Gasteiger partial charge in [-0.15, -0.1) is 11.3 Å². The molecule has 2 aliphatic rings. The number of imide groups is 1. The van der Waals surface area contributed by atoms with Gasteiger partial charge in [-0.2, -0.15) is 0 Å². The van der Waals surface area contributed by atoms with Crippen molar-refractivity contribution in [2.45, 2.75) is 38.1 Å². The summed E-state index contributed by atoms with van der Waals surface area (Å²) in [6.45, 7) is 0.911. The monoisotopic (exact) mass is 442 g/mol. The highest BCUT2D eigenvalue weighted by Gasteiger charge is 2.34. The van der Waals surface area contributed by atoms with Crippen molar-refractivity contribution in [1.29, 1.82) is 0 Å². The van der Waals surface area contributed by atoms with Crippen molar-refractivity contribution in [3.63, 3.8) is 0 Å². The quantitative estimate of drug-likeness (QED) is 0.616. The number of carbonyl (C=O) groups excluding carboxylic acids is 3. The van der Waals surface area contributed by atoms with Crippen LogP contribution in [0.5, 0.6) is 11.5 Å². The Bertz CT molecular complexity index is 972. The smallest absolute Gasteiger partial charge is 0.229 e. The number of thiophene rings is 1. The SMILES string of the molecule is COc1cc2c(cc1OC)C(c1cccs1)N(C(=O)CCCN1C(=O)CCC1=O)CC2. The van der Waals surface area contributed by atoms with Crippen molar-refractivity contribution >= 4 is 29.1 Å². The highest BCUT2D eigenvalue weighted by atomic mass is 32.1. The molecule has 4 rings (SSSR count). The third-order valence-electron chi connectivity index (χ3n) is 5.93. The molecule has 1 aromatic carbocycles. The first-order valence-corrected chi connectivity index (χ1v) is 11.3. The summed E-state index contributed by atoms with van der Waals surface area (Å²) in [5.41, 5.74) is 2.19. The molecule has 0 spiro atoms. The normalized spacial score (nSPS) is 18.3. The van der Waals surface area contributed by atoms with Crippen LogP contribution in [0.1, 0.15) is 47.7 Å². The van der Waals surface area contributed by atoms with Crippen LogP contribution in [-0.4, -0.2) is 54.8 Å². The van der Waals surface area contributed by atoms with Crippen LogP contribution in [0.25, 0.3) is 0 Å². The summed E-state index contributed by atoms with van der Waals surface area (Å²) in [6.07, 6.45) is 2.06. The maximum Gasteiger partial charge on any atom is 0.229 e. The molecule has 1 fully saturated rings. The van der Waals surface area contributed by atoms with Crippen molar-refractivity contribution in [3.8, 4) is 11.5 Å². The first kappa shape index (κ1) is 21.4. The van der Waals surface area contributed by atoms with E-state index in [1.54, 1.807) is 25.6 Å². The zero-order valence-electron chi connectivity index (χ0n) is 17.8. The predicted octanol–water partition coefficient (Wildman–Crippen LogP) is 3.17. The zero-order valence-corrected chi connectivity index (χ0v) is 18.6. The standard InChI is InChI=1S/C23H26N2O5S/c1-29-17-13-15-9-11-25(20(26)6-3-10-24-21(27)7-8-22(24)28)23(19-5-4-12-31-19)16(15)14-18(17)30-2/h4-5,12-14,23H,3,6-11H2,1-2H3. The van der Waals surface area contributed by atoms with E-state index >= 15 is 0 Å². The molecule has 1 unspecified atom stereocenters. The summed E-state index contributed by atoms with van der Waals surface area (Å²) < 4.78 is 11.0. The van der Waals surface area contributed by atoms with Gasteiger partial charge in [0.25, 0.3) is 0 Å². The molecule has 0 saturated carbocycles. The Morgan fingerprint density at radius 3 is 2.45 bits per heavy atom. The predicted molar refractivity (Wildman–Crippen MR) is 116 cm³/mol. The highest BCUT2D eigenvalue weighted by Crippen LogP contribution is 2.42. The van der Waals surface area contributed by atoms with Crippen molar-refractivity contribution in [3.05, 3.63) is 45.6 Å². The molecule has 164 valence electrons. The number of hydrogen-bond acceptors (Lipinski definition) is 6. The second-order valence-electron chi connectivity index (χ2n) is 7.70. The number of likely N-dealkylation sites (tertiary alicyclic amines) is 1. The minimum Gasteiger partial charge on any atom is -0.493 e. The van der Waals surface area contributed by atoms with Crippen LogP contribution in [0.3, 0.4) is 0 Å². The van der Waals surface area contributed by atoms with Crippen LogP contribution in [0, 0.1) is 0 Å². The minimum absolute atomic E-state index is 0.0259. The molecule has 31 heavy (non-hydrogen) atoms. The first-order chi connectivity index (χ1) is 15.0. The minimum atomic E-state index is -0.189. The van der Waals surface area contributed by atoms with Gasteiger partial charge in [-0.1, -0.05) is 6.07 Å². The second-order valence-corrected chi connectivity index (χ2v) is 8.68. The zero-order chi connectivity index (χ0) is 22.0. The number of amides is 3. The third kappa shape index (κ3) is 4.17. The molecule has 2 aliphatic heterocycles. The van der Waals surface area contributed by atoms with Crippen molar-refractivity contribution < 1.29 is 23.9 Å². The number of methoxy groups -OCH3 is 2. The fourth-order valence-corrected chi connectivity index (χ4v) is 5.23. The average Bonchev–Trinajstić information content (AvgIpc) is 3.42. The Hall–Kier alpha value is -2.87. The summed E-state index contributed by atoms with van der Waals surface area (Å²) in [7, 11) is 3.23. The molecule has 1 atom stereocenters. The molecule has 0 aliphatic carbocycles. The lowest BCUT2D eigenvalue weighted by Crippen LogP contribution is -2.40. The van der Waals surface area contributed by atoms with Crippen molar-refractivity contribution in [2.75, 3.05) is 27.3 Å². The van der Waals surface area contributed by atoms with Crippen LogP contribution in [0.2, 0.25) is 0 Å². The number of benzene rings is 1.